The summed E-state index contributed by atoms with van der Waals surface area (Å²) in [5.41, 5.74) is 2.19. The number of nitrogens with zero attached hydrogens (tertiary/aromatic N) is 1. The van der Waals surface area contributed by atoms with Gasteiger partial charge in [-0.05, 0) is 25.0 Å². The molecule has 1 aromatic rings. The van der Waals surface area contributed by atoms with E-state index in [0.717, 1.165) is 30.8 Å². The van der Waals surface area contributed by atoms with Gasteiger partial charge in [-0.3, -0.25) is 4.90 Å². The van der Waals surface area contributed by atoms with Crippen molar-refractivity contribution < 1.29 is 9.84 Å². The number of ether oxygens (including phenoxy) is 1. The van der Waals surface area contributed by atoms with Crippen LogP contribution in [0.1, 0.15) is 24.2 Å². The van der Waals surface area contributed by atoms with Crippen LogP contribution in [0.4, 0.5) is 0 Å². The lowest BCUT2D eigenvalue weighted by atomic mass is 10.0. The molecule has 3 nitrogen and oxygen atoms in total. The van der Waals surface area contributed by atoms with E-state index in [1.165, 1.54) is 0 Å². The fourth-order valence-electron chi connectivity index (χ4n) is 2.36. The zero-order chi connectivity index (χ0) is 12.3. The van der Waals surface area contributed by atoms with Crippen LogP contribution in [0.5, 0.6) is 0 Å². The van der Waals surface area contributed by atoms with Crippen LogP contribution in [-0.2, 0) is 4.74 Å². The lowest BCUT2D eigenvalue weighted by Crippen LogP contribution is -2.42. The number of aliphatic hydroxyl groups excluding tert-OH is 1. The Kier molecular flexibility index (Phi) is 4.15. The van der Waals surface area contributed by atoms with Crippen molar-refractivity contribution in [3.8, 4) is 0 Å². The Morgan fingerprint density at radius 2 is 2.24 bits per heavy atom. The third-order valence-electron chi connectivity index (χ3n) is 3.30. The summed E-state index contributed by atoms with van der Waals surface area (Å²) in [5, 5.41) is 10.3. The lowest BCUT2D eigenvalue weighted by Gasteiger charge is -2.32. The predicted octanol–water partition coefficient (Wildman–Crippen LogP) is 1.75. The molecule has 1 heterocycles. The minimum Gasteiger partial charge on any atom is -0.387 e. The highest BCUT2D eigenvalue weighted by Crippen LogP contribution is 2.19. The fourth-order valence-corrected chi connectivity index (χ4v) is 2.36. The Morgan fingerprint density at radius 3 is 2.94 bits per heavy atom. The molecule has 1 aromatic carbocycles. The molecule has 0 bridgehead atoms. The second-order valence-electron chi connectivity index (χ2n) is 4.81. The van der Waals surface area contributed by atoms with Gasteiger partial charge in [0.1, 0.15) is 0 Å². The first kappa shape index (κ1) is 12.6. The van der Waals surface area contributed by atoms with Crippen molar-refractivity contribution in [2.75, 3.05) is 26.2 Å². The van der Waals surface area contributed by atoms with Gasteiger partial charge in [0.25, 0.3) is 0 Å². The van der Waals surface area contributed by atoms with Gasteiger partial charge in [-0.2, -0.15) is 0 Å². The van der Waals surface area contributed by atoms with Crippen molar-refractivity contribution in [2.45, 2.75) is 26.1 Å². The van der Waals surface area contributed by atoms with E-state index in [0.29, 0.717) is 6.54 Å². The molecule has 1 aliphatic rings. The van der Waals surface area contributed by atoms with E-state index in [9.17, 15) is 5.11 Å². The maximum Gasteiger partial charge on any atom is 0.0919 e. The topological polar surface area (TPSA) is 32.7 Å². The van der Waals surface area contributed by atoms with Gasteiger partial charge in [0.05, 0.1) is 18.8 Å². The van der Waals surface area contributed by atoms with Crippen LogP contribution in [0.15, 0.2) is 24.3 Å². The van der Waals surface area contributed by atoms with Gasteiger partial charge in [-0.1, -0.05) is 24.3 Å². The molecule has 2 rings (SSSR count). The molecule has 2 atom stereocenters. The monoisotopic (exact) mass is 235 g/mol. The van der Waals surface area contributed by atoms with Crippen molar-refractivity contribution in [1.29, 1.82) is 0 Å². The quantitative estimate of drug-likeness (QED) is 0.866. The van der Waals surface area contributed by atoms with Crippen molar-refractivity contribution in [3.05, 3.63) is 35.4 Å². The van der Waals surface area contributed by atoms with Crippen LogP contribution in [-0.4, -0.2) is 42.4 Å². The number of rotatable bonds is 3. The smallest absolute Gasteiger partial charge is 0.0919 e. The second-order valence-corrected chi connectivity index (χ2v) is 4.81. The average molecular weight is 235 g/mol. The molecule has 2 unspecified atom stereocenters. The summed E-state index contributed by atoms with van der Waals surface area (Å²) in [7, 11) is 0. The minimum absolute atomic E-state index is 0.271. The van der Waals surface area contributed by atoms with Gasteiger partial charge < -0.3 is 9.84 Å². The summed E-state index contributed by atoms with van der Waals surface area (Å²) in [6, 6.07) is 8.03. The lowest BCUT2D eigenvalue weighted by molar-refractivity contribution is -0.0319. The summed E-state index contributed by atoms with van der Waals surface area (Å²) >= 11 is 0. The van der Waals surface area contributed by atoms with E-state index >= 15 is 0 Å². The fraction of sp³-hybridized carbons (Fsp3) is 0.571. The Labute approximate surface area is 103 Å². The van der Waals surface area contributed by atoms with Crippen molar-refractivity contribution in [2.24, 2.45) is 0 Å². The summed E-state index contributed by atoms with van der Waals surface area (Å²) in [4.78, 5) is 2.27. The molecule has 3 heteroatoms. The molecule has 0 radical (unpaired) electrons. The molecule has 1 N–H and O–H groups in total. The highest BCUT2D eigenvalue weighted by Gasteiger charge is 2.20. The maximum atomic E-state index is 10.3. The van der Waals surface area contributed by atoms with Crippen LogP contribution in [0.25, 0.3) is 0 Å². The third-order valence-corrected chi connectivity index (χ3v) is 3.30. The molecule has 0 saturated carbocycles. The normalized spacial score (nSPS) is 23.6. The molecular weight excluding hydrogens is 214 g/mol. The van der Waals surface area contributed by atoms with E-state index in [1.54, 1.807) is 0 Å². The molecule has 1 aliphatic heterocycles. The molecule has 17 heavy (non-hydrogen) atoms. The number of β-amino-alcohol motifs (C(OH)–C–C–N with tert-alkyl or cyclic N) is 1. The summed E-state index contributed by atoms with van der Waals surface area (Å²) in [6.07, 6.45) is -0.130. The second kappa shape index (κ2) is 5.63. The highest BCUT2D eigenvalue weighted by molar-refractivity contribution is 5.27. The SMILES string of the molecule is Cc1ccccc1C(O)CN1CCOC(C)C1. The Hall–Kier alpha value is -0.900. The van der Waals surface area contributed by atoms with Crippen LogP contribution < -0.4 is 0 Å². The van der Waals surface area contributed by atoms with Crippen LogP contribution >= 0.6 is 0 Å². The van der Waals surface area contributed by atoms with Gasteiger partial charge in [-0.25, -0.2) is 0 Å². The minimum atomic E-state index is -0.401. The first-order valence-electron chi connectivity index (χ1n) is 6.24. The highest BCUT2D eigenvalue weighted by atomic mass is 16.5. The van der Waals surface area contributed by atoms with Crippen molar-refractivity contribution in [3.63, 3.8) is 0 Å². The van der Waals surface area contributed by atoms with Gasteiger partial charge >= 0.3 is 0 Å². The zero-order valence-electron chi connectivity index (χ0n) is 10.6. The van der Waals surface area contributed by atoms with Crippen LogP contribution in [0.2, 0.25) is 0 Å². The molecule has 0 aliphatic carbocycles. The maximum absolute atomic E-state index is 10.3. The number of hydrogen-bond acceptors (Lipinski definition) is 3. The van der Waals surface area contributed by atoms with E-state index in [4.69, 9.17) is 4.74 Å². The van der Waals surface area contributed by atoms with E-state index in [2.05, 4.69) is 11.8 Å². The molecular formula is C14H21NO2. The molecule has 1 fully saturated rings. The largest absolute Gasteiger partial charge is 0.387 e. The Balaban J connectivity index is 1.97. The molecule has 0 aromatic heterocycles. The van der Waals surface area contributed by atoms with Gasteiger partial charge in [0.2, 0.25) is 0 Å². The number of benzene rings is 1. The van der Waals surface area contributed by atoms with E-state index in [-0.39, 0.29) is 6.10 Å². The van der Waals surface area contributed by atoms with Gasteiger partial charge in [-0.15, -0.1) is 0 Å². The summed E-state index contributed by atoms with van der Waals surface area (Å²) in [5.74, 6) is 0. The first-order chi connectivity index (χ1) is 8.16. The number of morpholine rings is 1. The molecule has 94 valence electrons. The van der Waals surface area contributed by atoms with Crippen molar-refractivity contribution >= 4 is 0 Å². The first-order valence-corrected chi connectivity index (χ1v) is 6.24. The summed E-state index contributed by atoms with van der Waals surface area (Å²) in [6.45, 7) is 7.39. The van der Waals surface area contributed by atoms with Crippen LogP contribution in [0, 0.1) is 6.92 Å². The predicted molar refractivity (Wildman–Crippen MR) is 68.0 cm³/mol. The van der Waals surface area contributed by atoms with Gasteiger partial charge in [0, 0.05) is 19.6 Å². The number of hydrogen-bond donors (Lipinski definition) is 1. The van der Waals surface area contributed by atoms with Crippen molar-refractivity contribution in [1.82, 2.24) is 4.90 Å². The Bertz CT molecular complexity index is 367. The number of aryl methyl sites for hydroxylation is 1. The standard InChI is InChI=1S/C14H21NO2/c1-11-5-3-4-6-13(11)14(16)10-15-7-8-17-12(2)9-15/h3-6,12,14,16H,7-10H2,1-2H3. The van der Waals surface area contributed by atoms with Crippen LogP contribution in [0.3, 0.4) is 0 Å². The summed E-state index contributed by atoms with van der Waals surface area (Å²) < 4.78 is 5.50. The third kappa shape index (κ3) is 3.28. The van der Waals surface area contributed by atoms with E-state index < -0.39 is 6.10 Å². The number of aliphatic hydroxyl groups is 1. The molecule has 0 spiro atoms. The van der Waals surface area contributed by atoms with Gasteiger partial charge in [0.15, 0.2) is 0 Å². The Morgan fingerprint density at radius 1 is 1.47 bits per heavy atom. The zero-order valence-corrected chi connectivity index (χ0v) is 10.6. The average Bonchev–Trinajstić information content (AvgIpc) is 2.29. The molecule has 1 saturated heterocycles. The van der Waals surface area contributed by atoms with E-state index in [1.807, 2.05) is 31.2 Å². The molecule has 0 amide bonds.